The first-order valence-electron chi connectivity index (χ1n) is 10.3. The molecule has 1 N–H and O–H groups in total. The molecule has 5 rings (SSSR count). The third-order valence-electron chi connectivity index (χ3n) is 6.51. The Hall–Kier alpha value is -2.73. The van der Waals surface area contributed by atoms with E-state index in [0.717, 1.165) is 60.9 Å². The highest BCUT2D eigenvalue weighted by Crippen LogP contribution is 2.49. The van der Waals surface area contributed by atoms with Crippen molar-refractivity contribution in [1.82, 2.24) is 5.01 Å². The maximum Gasteiger partial charge on any atom is 0.208 e. The van der Waals surface area contributed by atoms with Gasteiger partial charge in [-0.15, -0.1) is 0 Å². The number of hydrogen-bond acceptors (Lipinski definition) is 5. The van der Waals surface area contributed by atoms with Crippen LogP contribution in [-0.4, -0.2) is 50.8 Å². The number of fused-ring (bicyclic) bond motifs is 4. The third kappa shape index (κ3) is 2.94. The SMILES string of the molecule is COc1ccc(C2=NN3[C@H](C2)c2ccccc2OC32CC[NH+](C)CC2)cc1OC. The van der Waals surface area contributed by atoms with Crippen molar-refractivity contribution in [3.63, 3.8) is 0 Å². The van der Waals surface area contributed by atoms with Gasteiger partial charge < -0.3 is 19.1 Å². The Bertz CT molecular complexity index is 950. The van der Waals surface area contributed by atoms with Gasteiger partial charge in [-0.1, -0.05) is 18.2 Å². The van der Waals surface area contributed by atoms with E-state index >= 15 is 0 Å². The zero-order valence-electron chi connectivity index (χ0n) is 17.3. The monoisotopic (exact) mass is 394 g/mol. The molecule has 29 heavy (non-hydrogen) atoms. The van der Waals surface area contributed by atoms with Crippen LogP contribution >= 0.6 is 0 Å². The van der Waals surface area contributed by atoms with E-state index in [0.29, 0.717) is 0 Å². The summed E-state index contributed by atoms with van der Waals surface area (Å²) in [5.41, 5.74) is 3.02. The van der Waals surface area contributed by atoms with Gasteiger partial charge in [0.25, 0.3) is 0 Å². The number of quaternary nitrogens is 1. The maximum atomic E-state index is 6.65. The summed E-state index contributed by atoms with van der Waals surface area (Å²) in [7, 11) is 5.58. The van der Waals surface area contributed by atoms with Crippen molar-refractivity contribution in [1.29, 1.82) is 0 Å². The zero-order valence-corrected chi connectivity index (χ0v) is 17.3. The van der Waals surface area contributed by atoms with Crippen molar-refractivity contribution in [2.24, 2.45) is 5.10 Å². The lowest BCUT2D eigenvalue weighted by Gasteiger charge is -2.49. The van der Waals surface area contributed by atoms with E-state index in [1.807, 2.05) is 12.1 Å². The summed E-state index contributed by atoms with van der Waals surface area (Å²) in [4.78, 5) is 1.55. The van der Waals surface area contributed by atoms with Gasteiger partial charge in [-0.25, -0.2) is 5.01 Å². The molecule has 2 aromatic rings. The normalized spacial score (nSPS) is 27.7. The number of piperidine rings is 1. The van der Waals surface area contributed by atoms with Gasteiger partial charge in [0.1, 0.15) is 5.75 Å². The lowest BCUT2D eigenvalue weighted by Crippen LogP contribution is -3.11. The average Bonchev–Trinajstić information content (AvgIpc) is 3.22. The quantitative estimate of drug-likeness (QED) is 0.868. The van der Waals surface area contributed by atoms with Gasteiger partial charge in [0, 0.05) is 17.5 Å². The molecule has 0 amide bonds. The number of hydrazone groups is 1. The van der Waals surface area contributed by atoms with Crippen LogP contribution in [0, 0.1) is 0 Å². The van der Waals surface area contributed by atoms with Crippen LogP contribution in [0.5, 0.6) is 17.2 Å². The van der Waals surface area contributed by atoms with Gasteiger partial charge in [-0.3, -0.25) is 0 Å². The largest absolute Gasteiger partial charge is 0.493 e. The lowest BCUT2D eigenvalue weighted by molar-refractivity contribution is -0.888. The minimum Gasteiger partial charge on any atom is -0.493 e. The van der Waals surface area contributed by atoms with Gasteiger partial charge in [-0.2, -0.15) is 5.10 Å². The molecule has 3 aliphatic rings. The molecular weight excluding hydrogens is 366 g/mol. The molecule has 1 atom stereocenters. The number of likely N-dealkylation sites (tertiary alicyclic amines) is 1. The molecule has 1 spiro atoms. The van der Waals surface area contributed by atoms with E-state index in [-0.39, 0.29) is 11.8 Å². The number of hydrogen-bond donors (Lipinski definition) is 1. The summed E-state index contributed by atoms with van der Waals surface area (Å²) in [6.07, 6.45) is 2.82. The number of benzene rings is 2. The Balaban J connectivity index is 1.56. The molecule has 1 saturated heterocycles. The predicted molar refractivity (Wildman–Crippen MR) is 111 cm³/mol. The van der Waals surface area contributed by atoms with E-state index in [4.69, 9.17) is 19.3 Å². The van der Waals surface area contributed by atoms with Gasteiger partial charge in [0.2, 0.25) is 5.72 Å². The first kappa shape index (κ1) is 18.3. The molecule has 2 aromatic carbocycles. The lowest BCUT2D eigenvalue weighted by atomic mass is 9.91. The van der Waals surface area contributed by atoms with E-state index in [1.165, 1.54) is 5.56 Å². The number of nitrogens with zero attached hydrogens (tertiary/aromatic N) is 2. The van der Waals surface area contributed by atoms with Crippen molar-refractivity contribution in [2.45, 2.75) is 31.0 Å². The van der Waals surface area contributed by atoms with Crippen LogP contribution in [0.25, 0.3) is 0 Å². The van der Waals surface area contributed by atoms with Crippen LogP contribution in [0.3, 0.4) is 0 Å². The Morgan fingerprint density at radius 2 is 1.83 bits per heavy atom. The van der Waals surface area contributed by atoms with Gasteiger partial charge in [0.15, 0.2) is 11.5 Å². The van der Waals surface area contributed by atoms with Crippen LogP contribution in [0.15, 0.2) is 47.6 Å². The summed E-state index contributed by atoms with van der Waals surface area (Å²) < 4.78 is 17.6. The van der Waals surface area contributed by atoms with Gasteiger partial charge in [0.05, 0.1) is 59.0 Å². The Kier molecular flexibility index (Phi) is 4.39. The second-order valence-corrected chi connectivity index (χ2v) is 8.22. The van der Waals surface area contributed by atoms with Crippen LogP contribution in [-0.2, 0) is 0 Å². The van der Waals surface area contributed by atoms with Crippen molar-refractivity contribution < 1.29 is 19.1 Å². The topological polar surface area (TPSA) is 47.7 Å². The fraction of sp³-hybridized carbons (Fsp3) is 0.435. The summed E-state index contributed by atoms with van der Waals surface area (Å²) in [5.74, 6) is 2.47. The summed E-state index contributed by atoms with van der Waals surface area (Å²) >= 11 is 0. The minimum absolute atomic E-state index is 0.210. The average molecular weight is 394 g/mol. The molecule has 0 aromatic heterocycles. The maximum absolute atomic E-state index is 6.65. The molecule has 3 heterocycles. The molecule has 0 aliphatic carbocycles. The summed E-state index contributed by atoms with van der Waals surface area (Å²) in [6, 6.07) is 14.7. The van der Waals surface area contributed by atoms with E-state index < -0.39 is 0 Å². The van der Waals surface area contributed by atoms with Crippen molar-refractivity contribution in [3.05, 3.63) is 53.6 Å². The molecule has 0 unspecified atom stereocenters. The van der Waals surface area contributed by atoms with Crippen LogP contribution in [0.1, 0.15) is 36.4 Å². The highest BCUT2D eigenvalue weighted by molar-refractivity contribution is 6.02. The summed E-state index contributed by atoms with van der Waals surface area (Å²) in [5, 5.41) is 7.39. The van der Waals surface area contributed by atoms with Crippen LogP contribution in [0.2, 0.25) is 0 Å². The molecule has 0 bridgehead atoms. The highest BCUT2D eigenvalue weighted by Gasteiger charge is 2.52. The molecule has 1 fully saturated rings. The molecule has 0 saturated carbocycles. The molecule has 6 heteroatoms. The minimum atomic E-state index is -0.350. The Morgan fingerprint density at radius 3 is 2.59 bits per heavy atom. The van der Waals surface area contributed by atoms with Crippen molar-refractivity contribution in [2.75, 3.05) is 34.4 Å². The number of ether oxygens (including phenoxy) is 3. The standard InChI is InChI=1S/C23H27N3O3/c1-25-12-10-23(11-13-25)26-19(17-6-4-5-7-20(17)29-23)15-18(24-26)16-8-9-21(27-2)22(14-16)28-3/h4-9,14,19H,10-13,15H2,1-3H3/p+1/t19-/m1/s1. The van der Waals surface area contributed by atoms with Gasteiger partial charge >= 0.3 is 0 Å². The van der Waals surface area contributed by atoms with E-state index in [2.05, 4.69) is 42.4 Å². The summed E-state index contributed by atoms with van der Waals surface area (Å²) in [6.45, 7) is 2.18. The molecule has 6 nitrogen and oxygen atoms in total. The zero-order chi connectivity index (χ0) is 20.0. The fourth-order valence-electron chi connectivity index (χ4n) is 4.82. The number of para-hydroxylation sites is 1. The second-order valence-electron chi connectivity index (χ2n) is 8.22. The fourth-order valence-corrected chi connectivity index (χ4v) is 4.82. The Morgan fingerprint density at radius 1 is 1.07 bits per heavy atom. The van der Waals surface area contributed by atoms with Crippen LogP contribution < -0.4 is 19.1 Å². The van der Waals surface area contributed by atoms with Crippen molar-refractivity contribution >= 4 is 5.71 Å². The number of nitrogens with one attached hydrogen (secondary N) is 1. The Labute approximate surface area is 171 Å². The number of rotatable bonds is 3. The van der Waals surface area contributed by atoms with Crippen molar-refractivity contribution in [3.8, 4) is 17.2 Å². The third-order valence-corrected chi connectivity index (χ3v) is 6.51. The molecule has 152 valence electrons. The number of methoxy groups -OCH3 is 2. The van der Waals surface area contributed by atoms with Gasteiger partial charge in [-0.05, 0) is 24.3 Å². The first-order valence-corrected chi connectivity index (χ1v) is 10.3. The smallest absolute Gasteiger partial charge is 0.208 e. The molecule has 0 radical (unpaired) electrons. The second kappa shape index (κ2) is 6.95. The van der Waals surface area contributed by atoms with E-state index in [1.54, 1.807) is 19.1 Å². The predicted octanol–water partition coefficient (Wildman–Crippen LogP) is 2.25. The van der Waals surface area contributed by atoms with Crippen LogP contribution in [0.4, 0.5) is 0 Å². The molecule has 3 aliphatic heterocycles. The highest BCUT2D eigenvalue weighted by atomic mass is 16.5. The van der Waals surface area contributed by atoms with E-state index in [9.17, 15) is 0 Å². The molecular formula is C23H28N3O3+. The first-order chi connectivity index (χ1) is 14.1.